The quantitative estimate of drug-likeness (QED) is 0.882. The van der Waals surface area contributed by atoms with Crippen LogP contribution in [0.2, 0.25) is 0 Å². The van der Waals surface area contributed by atoms with Crippen molar-refractivity contribution < 1.29 is 4.79 Å². The second kappa shape index (κ2) is 7.33. The Kier molecular flexibility index (Phi) is 4.98. The van der Waals surface area contributed by atoms with Crippen molar-refractivity contribution in [2.45, 2.75) is 13.0 Å². The molecule has 0 radical (unpaired) electrons. The van der Waals surface area contributed by atoms with Gasteiger partial charge in [0.05, 0.1) is 6.04 Å². The maximum atomic E-state index is 12.3. The topological polar surface area (TPSA) is 98.0 Å². The molecular weight excluding hydrogens is 326 g/mol. The molecule has 8 nitrogen and oxygen atoms in total. The Morgan fingerprint density at radius 1 is 1.25 bits per heavy atom. The SMILES string of the molecule is CC(C(=O)Nc1nccs1)N1CCN(c2nccnc2C#N)CC1. The Balaban J connectivity index is 1.58. The third-order valence-electron chi connectivity index (χ3n) is 3.99. The molecule has 0 saturated carbocycles. The van der Waals surface area contributed by atoms with E-state index in [0.29, 0.717) is 42.8 Å². The highest BCUT2D eigenvalue weighted by Crippen LogP contribution is 2.18. The summed E-state index contributed by atoms with van der Waals surface area (Å²) in [7, 11) is 0. The second-order valence-corrected chi connectivity index (χ2v) is 6.26. The van der Waals surface area contributed by atoms with Crippen LogP contribution in [0.4, 0.5) is 10.9 Å². The van der Waals surface area contributed by atoms with E-state index in [2.05, 4.69) is 31.2 Å². The molecular formula is C15H17N7OS. The van der Waals surface area contributed by atoms with E-state index < -0.39 is 0 Å². The Morgan fingerprint density at radius 3 is 2.67 bits per heavy atom. The van der Waals surface area contributed by atoms with Gasteiger partial charge in [-0.3, -0.25) is 9.69 Å². The monoisotopic (exact) mass is 343 g/mol. The smallest absolute Gasteiger partial charge is 0.243 e. The van der Waals surface area contributed by atoms with Gasteiger partial charge in [0.25, 0.3) is 0 Å². The van der Waals surface area contributed by atoms with Gasteiger partial charge >= 0.3 is 0 Å². The number of amides is 1. The number of hydrogen-bond acceptors (Lipinski definition) is 8. The van der Waals surface area contributed by atoms with E-state index in [1.165, 1.54) is 17.5 Å². The highest BCUT2D eigenvalue weighted by atomic mass is 32.1. The van der Waals surface area contributed by atoms with Crippen molar-refractivity contribution in [3.05, 3.63) is 29.7 Å². The summed E-state index contributed by atoms with van der Waals surface area (Å²) < 4.78 is 0. The Hall–Kier alpha value is -2.57. The molecule has 1 saturated heterocycles. The molecule has 0 aromatic carbocycles. The fourth-order valence-electron chi connectivity index (χ4n) is 2.62. The van der Waals surface area contributed by atoms with Gasteiger partial charge in [0.2, 0.25) is 5.91 Å². The van der Waals surface area contributed by atoms with E-state index in [1.54, 1.807) is 12.4 Å². The summed E-state index contributed by atoms with van der Waals surface area (Å²) in [5, 5.41) is 14.4. The van der Waals surface area contributed by atoms with E-state index in [-0.39, 0.29) is 11.9 Å². The lowest BCUT2D eigenvalue weighted by Gasteiger charge is -2.37. The van der Waals surface area contributed by atoms with Crippen LogP contribution in [0.3, 0.4) is 0 Å². The number of carbonyl (C=O) groups excluding carboxylic acids is 1. The van der Waals surface area contributed by atoms with Crippen molar-refractivity contribution in [3.8, 4) is 6.07 Å². The average molecular weight is 343 g/mol. The molecule has 1 N–H and O–H groups in total. The zero-order chi connectivity index (χ0) is 16.9. The molecule has 3 heterocycles. The minimum absolute atomic E-state index is 0.0596. The van der Waals surface area contributed by atoms with Crippen LogP contribution in [-0.4, -0.2) is 58.0 Å². The zero-order valence-electron chi connectivity index (χ0n) is 13.2. The van der Waals surface area contributed by atoms with Crippen LogP contribution in [0, 0.1) is 11.3 Å². The van der Waals surface area contributed by atoms with Gasteiger partial charge < -0.3 is 10.2 Å². The summed E-state index contributed by atoms with van der Waals surface area (Å²) in [6, 6.07) is 1.83. The minimum atomic E-state index is -0.242. The third-order valence-corrected chi connectivity index (χ3v) is 4.68. The van der Waals surface area contributed by atoms with E-state index >= 15 is 0 Å². The van der Waals surface area contributed by atoms with Crippen LogP contribution in [-0.2, 0) is 4.79 Å². The molecule has 1 atom stereocenters. The van der Waals surface area contributed by atoms with Crippen LogP contribution >= 0.6 is 11.3 Å². The molecule has 1 aliphatic rings. The van der Waals surface area contributed by atoms with Crippen molar-refractivity contribution in [2.24, 2.45) is 0 Å². The number of carbonyl (C=O) groups is 1. The summed E-state index contributed by atoms with van der Waals surface area (Å²) in [5.41, 5.74) is 0.334. The van der Waals surface area contributed by atoms with Gasteiger partial charge in [-0.15, -0.1) is 11.3 Å². The maximum absolute atomic E-state index is 12.3. The van der Waals surface area contributed by atoms with Crippen LogP contribution in [0.25, 0.3) is 0 Å². The Bertz CT molecular complexity index is 735. The Morgan fingerprint density at radius 2 is 2.00 bits per heavy atom. The van der Waals surface area contributed by atoms with Gasteiger partial charge in [-0.25, -0.2) is 15.0 Å². The first-order valence-corrected chi connectivity index (χ1v) is 8.47. The number of anilines is 2. The number of aromatic nitrogens is 3. The molecule has 1 fully saturated rings. The minimum Gasteiger partial charge on any atom is -0.352 e. The van der Waals surface area contributed by atoms with E-state index in [1.807, 2.05) is 17.2 Å². The third kappa shape index (κ3) is 3.50. The standard InChI is InChI=1S/C15H17N7OS/c1-11(14(23)20-15-19-4-9-24-15)21-5-7-22(8-6-21)13-12(10-16)17-2-3-18-13/h2-4,9,11H,5-8H2,1H3,(H,19,20,23). The summed E-state index contributed by atoms with van der Waals surface area (Å²) in [4.78, 5) is 28.8. The molecule has 0 aliphatic carbocycles. The lowest BCUT2D eigenvalue weighted by atomic mass is 10.2. The molecule has 124 valence electrons. The highest BCUT2D eigenvalue weighted by molar-refractivity contribution is 7.13. The van der Waals surface area contributed by atoms with Crippen LogP contribution in [0.15, 0.2) is 24.0 Å². The first-order chi connectivity index (χ1) is 11.7. The summed E-state index contributed by atoms with van der Waals surface area (Å²) in [5.74, 6) is 0.551. The average Bonchev–Trinajstić information content (AvgIpc) is 3.14. The molecule has 1 amide bonds. The van der Waals surface area contributed by atoms with Gasteiger partial charge in [-0.1, -0.05) is 0 Å². The molecule has 1 unspecified atom stereocenters. The molecule has 0 bridgehead atoms. The van der Waals surface area contributed by atoms with Gasteiger partial charge in [-0.05, 0) is 6.92 Å². The molecule has 9 heteroatoms. The number of nitrogens with one attached hydrogen (secondary N) is 1. The lowest BCUT2D eigenvalue weighted by molar-refractivity contribution is -0.120. The number of rotatable bonds is 4. The fourth-order valence-corrected chi connectivity index (χ4v) is 3.15. The molecule has 0 spiro atoms. The molecule has 2 aromatic heterocycles. The maximum Gasteiger partial charge on any atom is 0.243 e. The van der Waals surface area contributed by atoms with Crippen LogP contribution in [0.1, 0.15) is 12.6 Å². The first-order valence-electron chi connectivity index (χ1n) is 7.59. The number of hydrogen-bond donors (Lipinski definition) is 1. The molecule has 24 heavy (non-hydrogen) atoms. The fraction of sp³-hybridized carbons (Fsp3) is 0.400. The van der Waals surface area contributed by atoms with E-state index in [9.17, 15) is 4.79 Å². The van der Waals surface area contributed by atoms with Crippen molar-refractivity contribution in [3.63, 3.8) is 0 Å². The van der Waals surface area contributed by atoms with Crippen molar-refractivity contribution >= 4 is 28.2 Å². The summed E-state index contributed by atoms with van der Waals surface area (Å²) >= 11 is 1.40. The predicted octanol–water partition coefficient (Wildman–Crippen LogP) is 0.954. The number of nitrogens with zero attached hydrogens (tertiary/aromatic N) is 6. The summed E-state index contributed by atoms with van der Waals surface area (Å²) in [6.45, 7) is 4.72. The zero-order valence-corrected chi connectivity index (χ0v) is 14.0. The second-order valence-electron chi connectivity index (χ2n) is 5.37. The summed E-state index contributed by atoms with van der Waals surface area (Å²) in [6.07, 6.45) is 4.77. The van der Waals surface area contributed by atoms with E-state index in [0.717, 1.165) is 0 Å². The predicted molar refractivity (Wildman–Crippen MR) is 90.7 cm³/mol. The number of piperazine rings is 1. The van der Waals surface area contributed by atoms with Crippen LogP contribution < -0.4 is 10.2 Å². The van der Waals surface area contributed by atoms with Gasteiger partial charge in [0.1, 0.15) is 6.07 Å². The van der Waals surface area contributed by atoms with Crippen LogP contribution in [0.5, 0.6) is 0 Å². The molecule has 3 rings (SSSR count). The van der Waals surface area contributed by atoms with Gasteiger partial charge in [0, 0.05) is 50.1 Å². The Labute approximate surface area is 143 Å². The largest absolute Gasteiger partial charge is 0.352 e. The van der Waals surface area contributed by atoms with Crippen molar-refractivity contribution in [2.75, 3.05) is 36.4 Å². The van der Waals surface area contributed by atoms with E-state index in [4.69, 9.17) is 5.26 Å². The first kappa shape index (κ1) is 16.3. The number of nitriles is 1. The number of thiazole rings is 1. The van der Waals surface area contributed by atoms with Crippen molar-refractivity contribution in [1.29, 1.82) is 5.26 Å². The normalized spacial score (nSPS) is 16.4. The van der Waals surface area contributed by atoms with Gasteiger partial charge in [0.15, 0.2) is 16.6 Å². The molecule has 2 aromatic rings. The molecule has 1 aliphatic heterocycles. The van der Waals surface area contributed by atoms with Gasteiger partial charge in [-0.2, -0.15) is 5.26 Å². The van der Waals surface area contributed by atoms with Crippen molar-refractivity contribution in [1.82, 2.24) is 19.9 Å². The lowest BCUT2D eigenvalue weighted by Crippen LogP contribution is -2.53. The highest BCUT2D eigenvalue weighted by Gasteiger charge is 2.27.